The highest BCUT2D eigenvalue weighted by Crippen LogP contribution is 2.46. The van der Waals surface area contributed by atoms with Crippen LogP contribution in [0.1, 0.15) is 17.0 Å². The van der Waals surface area contributed by atoms with Gasteiger partial charge in [-0.3, -0.25) is 4.90 Å². The number of fused-ring (bicyclic) bond motifs is 3. The third-order valence-electron chi connectivity index (χ3n) is 5.00. The third kappa shape index (κ3) is 2.12. The van der Waals surface area contributed by atoms with Crippen molar-refractivity contribution in [2.24, 2.45) is 0 Å². The number of halogens is 1. The molecule has 2 aromatic carbocycles. The number of nitrogens with one attached hydrogen (secondary N) is 1. The standard InChI is InChI=1S/C18H19ClN2O/c19-14-7-3-1-5-12(14)10-21-16-9-20-15-8-4-2-6-13(15)18(16)17(21)11-22/h1-8,16-18,20,22H,9-11H2/t16-,17+,18+/m1/s1. The first-order valence-electron chi connectivity index (χ1n) is 7.72. The van der Waals surface area contributed by atoms with E-state index in [9.17, 15) is 5.11 Å². The van der Waals surface area contributed by atoms with Gasteiger partial charge >= 0.3 is 0 Å². The molecule has 1 saturated heterocycles. The molecule has 22 heavy (non-hydrogen) atoms. The first-order chi connectivity index (χ1) is 10.8. The Hall–Kier alpha value is -1.55. The van der Waals surface area contributed by atoms with Crippen LogP contribution in [-0.2, 0) is 6.54 Å². The van der Waals surface area contributed by atoms with Crippen molar-refractivity contribution in [2.45, 2.75) is 24.5 Å². The van der Waals surface area contributed by atoms with Crippen molar-refractivity contribution in [3.63, 3.8) is 0 Å². The fourth-order valence-electron chi connectivity index (χ4n) is 3.91. The fraction of sp³-hybridized carbons (Fsp3) is 0.333. The number of hydrogen-bond acceptors (Lipinski definition) is 3. The van der Waals surface area contributed by atoms with Gasteiger partial charge in [0.25, 0.3) is 0 Å². The van der Waals surface area contributed by atoms with Crippen molar-refractivity contribution in [1.29, 1.82) is 0 Å². The van der Waals surface area contributed by atoms with Gasteiger partial charge in [-0.15, -0.1) is 0 Å². The van der Waals surface area contributed by atoms with Gasteiger partial charge in [0.05, 0.1) is 6.61 Å². The van der Waals surface area contributed by atoms with Crippen LogP contribution in [0.5, 0.6) is 0 Å². The predicted molar refractivity (Wildman–Crippen MR) is 89.3 cm³/mol. The lowest BCUT2D eigenvalue weighted by Gasteiger charge is -2.57. The van der Waals surface area contributed by atoms with E-state index in [1.54, 1.807) is 0 Å². The zero-order valence-corrected chi connectivity index (χ0v) is 13.0. The van der Waals surface area contributed by atoms with Gasteiger partial charge < -0.3 is 10.4 Å². The SMILES string of the molecule is OC[C@H]1[C@H]2c3ccccc3NC[C@H]2N1Cc1ccccc1Cl. The van der Waals surface area contributed by atoms with Crippen LogP contribution in [0.4, 0.5) is 5.69 Å². The number of rotatable bonds is 3. The third-order valence-corrected chi connectivity index (χ3v) is 5.37. The Morgan fingerprint density at radius 1 is 1.14 bits per heavy atom. The number of benzene rings is 2. The summed E-state index contributed by atoms with van der Waals surface area (Å²) in [6.45, 7) is 1.89. The molecule has 0 aromatic heterocycles. The number of aliphatic hydroxyl groups is 1. The Labute approximate surface area is 135 Å². The molecule has 0 spiro atoms. The van der Waals surface area contributed by atoms with E-state index in [0.717, 1.165) is 23.7 Å². The molecule has 2 aromatic rings. The van der Waals surface area contributed by atoms with Crippen molar-refractivity contribution in [3.05, 3.63) is 64.7 Å². The van der Waals surface area contributed by atoms with Crippen LogP contribution in [0.3, 0.4) is 0 Å². The van der Waals surface area contributed by atoms with Crippen molar-refractivity contribution in [2.75, 3.05) is 18.5 Å². The predicted octanol–water partition coefficient (Wildman–Crippen LogP) is 3.09. The number of para-hydroxylation sites is 1. The van der Waals surface area contributed by atoms with Crippen molar-refractivity contribution >= 4 is 17.3 Å². The summed E-state index contributed by atoms with van der Waals surface area (Å²) in [7, 11) is 0. The van der Waals surface area contributed by atoms with Crippen LogP contribution in [0.25, 0.3) is 0 Å². The van der Waals surface area contributed by atoms with Crippen molar-refractivity contribution in [1.82, 2.24) is 4.90 Å². The second kappa shape index (κ2) is 5.58. The lowest BCUT2D eigenvalue weighted by Crippen LogP contribution is -2.66. The Morgan fingerprint density at radius 3 is 2.73 bits per heavy atom. The van der Waals surface area contributed by atoms with E-state index < -0.39 is 0 Å². The molecule has 3 atom stereocenters. The Morgan fingerprint density at radius 2 is 1.91 bits per heavy atom. The van der Waals surface area contributed by atoms with Gasteiger partial charge in [0, 0.05) is 41.8 Å². The highest BCUT2D eigenvalue weighted by atomic mass is 35.5. The quantitative estimate of drug-likeness (QED) is 0.914. The molecule has 4 heteroatoms. The molecule has 114 valence electrons. The molecule has 0 saturated carbocycles. The minimum atomic E-state index is 0.171. The van der Waals surface area contributed by atoms with E-state index in [4.69, 9.17) is 11.6 Å². The molecule has 0 aliphatic carbocycles. The molecule has 0 radical (unpaired) electrons. The highest BCUT2D eigenvalue weighted by molar-refractivity contribution is 6.31. The van der Waals surface area contributed by atoms with Crippen molar-refractivity contribution < 1.29 is 5.11 Å². The largest absolute Gasteiger partial charge is 0.395 e. The van der Waals surface area contributed by atoms with E-state index in [1.165, 1.54) is 11.3 Å². The van der Waals surface area contributed by atoms with Gasteiger partial charge in [0.2, 0.25) is 0 Å². The minimum absolute atomic E-state index is 0.171. The maximum Gasteiger partial charge on any atom is 0.0593 e. The number of anilines is 1. The lowest BCUT2D eigenvalue weighted by atomic mass is 9.72. The van der Waals surface area contributed by atoms with Gasteiger partial charge in [0.15, 0.2) is 0 Å². The Bertz CT molecular complexity index is 690. The van der Waals surface area contributed by atoms with Gasteiger partial charge in [-0.2, -0.15) is 0 Å². The van der Waals surface area contributed by atoms with Crippen molar-refractivity contribution in [3.8, 4) is 0 Å². The minimum Gasteiger partial charge on any atom is -0.395 e. The van der Waals surface area contributed by atoms with Gasteiger partial charge in [-0.1, -0.05) is 48.0 Å². The lowest BCUT2D eigenvalue weighted by molar-refractivity contribution is -0.0459. The highest BCUT2D eigenvalue weighted by Gasteiger charge is 2.50. The molecule has 1 fully saturated rings. The zero-order chi connectivity index (χ0) is 15.1. The Balaban J connectivity index is 1.61. The molecule has 3 nitrogen and oxygen atoms in total. The topological polar surface area (TPSA) is 35.5 Å². The average Bonchev–Trinajstić information content (AvgIpc) is 2.54. The maximum absolute atomic E-state index is 9.87. The molecule has 2 aliphatic rings. The van der Waals surface area contributed by atoms with Gasteiger partial charge in [-0.05, 0) is 23.3 Å². The van der Waals surface area contributed by atoms with Crippen LogP contribution >= 0.6 is 11.6 Å². The van der Waals surface area contributed by atoms with Crippen LogP contribution in [0.2, 0.25) is 5.02 Å². The summed E-state index contributed by atoms with van der Waals surface area (Å²) in [6, 6.07) is 17.0. The van der Waals surface area contributed by atoms with Crippen LogP contribution in [0, 0.1) is 0 Å². The number of hydrogen-bond donors (Lipinski definition) is 2. The number of nitrogens with zero attached hydrogens (tertiary/aromatic N) is 1. The summed E-state index contributed by atoms with van der Waals surface area (Å²) >= 11 is 6.29. The Kier molecular flexibility index (Phi) is 3.57. The summed E-state index contributed by atoms with van der Waals surface area (Å²) < 4.78 is 0. The van der Waals surface area contributed by atoms with Crippen LogP contribution in [0.15, 0.2) is 48.5 Å². The molecule has 2 N–H and O–H groups in total. The average molecular weight is 315 g/mol. The second-order valence-electron chi connectivity index (χ2n) is 6.07. The summed E-state index contributed by atoms with van der Waals surface area (Å²) in [5.41, 5.74) is 3.66. The zero-order valence-electron chi connectivity index (χ0n) is 12.2. The maximum atomic E-state index is 9.87. The summed E-state index contributed by atoms with van der Waals surface area (Å²) in [4.78, 5) is 2.37. The van der Waals surface area contributed by atoms with E-state index >= 15 is 0 Å². The molecular weight excluding hydrogens is 296 g/mol. The summed E-state index contributed by atoms with van der Waals surface area (Å²) in [5.74, 6) is 0.407. The normalized spacial score (nSPS) is 26.5. The number of likely N-dealkylation sites (tertiary alicyclic amines) is 1. The molecule has 0 bridgehead atoms. The van der Waals surface area contributed by atoms with Gasteiger partial charge in [-0.25, -0.2) is 0 Å². The summed E-state index contributed by atoms with van der Waals surface area (Å²) in [5, 5.41) is 14.2. The van der Waals surface area contributed by atoms with E-state index in [1.807, 2.05) is 18.2 Å². The van der Waals surface area contributed by atoms with Crippen LogP contribution in [-0.4, -0.2) is 35.2 Å². The molecule has 4 rings (SSSR count). The first-order valence-corrected chi connectivity index (χ1v) is 8.10. The monoisotopic (exact) mass is 314 g/mol. The molecular formula is C18H19ClN2O. The smallest absolute Gasteiger partial charge is 0.0593 e. The van der Waals surface area contributed by atoms with E-state index in [-0.39, 0.29) is 12.6 Å². The molecule has 0 amide bonds. The summed E-state index contributed by atoms with van der Waals surface area (Å²) in [6.07, 6.45) is 0. The first kappa shape index (κ1) is 14.1. The molecule has 0 unspecified atom stereocenters. The molecule has 2 heterocycles. The molecule has 2 aliphatic heterocycles. The number of aliphatic hydroxyl groups excluding tert-OH is 1. The fourth-order valence-corrected chi connectivity index (χ4v) is 4.11. The van der Waals surface area contributed by atoms with E-state index in [2.05, 4.69) is 40.5 Å². The van der Waals surface area contributed by atoms with E-state index in [0.29, 0.717) is 12.0 Å². The van der Waals surface area contributed by atoms with Gasteiger partial charge in [0.1, 0.15) is 0 Å². The second-order valence-corrected chi connectivity index (χ2v) is 6.48. The van der Waals surface area contributed by atoms with Crippen LogP contribution < -0.4 is 5.32 Å².